The summed E-state index contributed by atoms with van der Waals surface area (Å²) < 4.78 is 0. The van der Waals surface area contributed by atoms with Crippen molar-refractivity contribution in [3.05, 3.63) is 53.6 Å². The molecule has 1 nitrogen and oxygen atoms in total. The Morgan fingerprint density at radius 2 is 1.94 bits per heavy atom. The summed E-state index contributed by atoms with van der Waals surface area (Å²) in [5.74, 6) is 0.360. The van der Waals surface area contributed by atoms with Crippen LogP contribution in [0.15, 0.2) is 48.1 Å². The van der Waals surface area contributed by atoms with Crippen molar-refractivity contribution in [2.45, 2.75) is 27.2 Å². The van der Waals surface area contributed by atoms with Gasteiger partial charge in [0.2, 0.25) is 0 Å². The van der Waals surface area contributed by atoms with E-state index in [4.69, 9.17) is 0 Å². The molecule has 0 heterocycles. The average molecular weight is 228 g/mol. The van der Waals surface area contributed by atoms with Crippen LogP contribution in [0.5, 0.6) is 0 Å². The van der Waals surface area contributed by atoms with E-state index >= 15 is 0 Å². The van der Waals surface area contributed by atoms with Crippen molar-refractivity contribution in [2.75, 3.05) is 0 Å². The number of hydrogen-bond donors (Lipinski definition) is 0. The fourth-order valence-corrected chi connectivity index (χ4v) is 2.04. The van der Waals surface area contributed by atoms with Gasteiger partial charge in [-0.25, -0.2) is 0 Å². The molecule has 0 saturated carbocycles. The van der Waals surface area contributed by atoms with Crippen LogP contribution in [0.4, 0.5) is 0 Å². The molecule has 90 valence electrons. The zero-order chi connectivity index (χ0) is 12.7. The van der Waals surface area contributed by atoms with Crippen LogP contribution in [0, 0.1) is 5.92 Å². The van der Waals surface area contributed by atoms with Gasteiger partial charge in [0.1, 0.15) is 6.29 Å². The highest BCUT2D eigenvalue weighted by Crippen LogP contribution is 2.28. The molecule has 0 aliphatic heterocycles. The standard InChI is InChI=1S/C16H20O/c1-4-5-9-13(2)16(14(3)12-17)15-10-7-6-8-11-15/h4-8,10-13H,9H2,1-3H3. The number of benzene rings is 1. The van der Waals surface area contributed by atoms with Gasteiger partial charge in [-0.05, 0) is 42.9 Å². The minimum atomic E-state index is 0.360. The molecule has 17 heavy (non-hydrogen) atoms. The zero-order valence-corrected chi connectivity index (χ0v) is 10.8. The van der Waals surface area contributed by atoms with E-state index in [9.17, 15) is 4.79 Å². The van der Waals surface area contributed by atoms with Gasteiger partial charge in [-0.15, -0.1) is 0 Å². The SMILES string of the molecule is CC=CCC(C)C(=C(C)C=O)c1ccccc1. The number of carbonyl (C=O) groups is 1. The molecule has 0 amide bonds. The number of rotatable bonds is 5. The quantitative estimate of drug-likeness (QED) is 0.418. The van der Waals surface area contributed by atoms with Gasteiger partial charge in [0, 0.05) is 0 Å². The van der Waals surface area contributed by atoms with E-state index in [1.807, 2.05) is 32.0 Å². The number of hydrogen-bond acceptors (Lipinski definition) is 1. The molecule has 0 N–H and O–H groups in total. The van der Waals surface area contributed by atoms with Crippen LogP contribution in [0.2, 0.25) is 0 Å². The van der Waals surface area contributed by atoms with Crippen LogP contribution in [-0.4, -0.2) is 6.29 Å². The lowest BCUT2D eigenvalue weighted by Gasteiger charge is -2.16. The van der Waals surface area contributed by atoms with Crippen LogP contribution < -0.4 is 0 Å². The summed E-state index contributed by atoms with van der Waals surface area (Å²) in [6.07, 6.45) is 6.11. The smallest absolute Gasteiger partial charge is 0.146 e. The maximum atomic E-state index is 11.0. The van der Waals surface area contributed by atoms with Gasteiger partial charge in [-0.2, -0.15) is 0 Å². The molecular weight excluding hydrogens is 208 g/mol. The molecule has 0 aliphatic rings. The van der Waals surface area contributed by atoms with Gasteiger partial charge < -0.3 is 0 Å². The molecule has 1 unspecified atom stereocenters. The van der Waals surface area contributed by atoms with E-state index in [0.29, 0.717) is 5.92 Å². The van der Waals surface area contributed by atoms with E-state index in [2.05, 4.69) is 31.2 Å². The molecular formula is C16H20O. The Labute approximate surface area is 104 Å². The van der Waals surface area contributed by atoms with E-state index in [1.54, 1.807) is 0 Å². The Bertz CT molecular complexity index is 412. The maximum Gasteiger partial charge on any atom is 0.146 e. The highest BCUT2D eigenvalue weighted by atomic mass is 16.1. The summed E-state index contributed by atoms with van der Waals surface area (Å²) in [6, 6.07) is 10.1. The zero-order valence-electron chi connectivity index (χ0n) is 10.8. The fraction of sp³-hybridized carbons (Fsp3) is 0.312. The molecule has 1 atom stereocenters. The minimum Gasteiger partial charge on any atom is -0.298 e. The van der Waals surface area contributed by atoms with Gasteiger partial charge >= 0.3 is 0 Å². The first-order valence-electron chi connectivity index (χ1n) is 6.03. The summed E-state index contributed by atoms with van der Waals surface area (Å²) in [7, 11) is 0. The van der Waals surface area contributed by atoms with Crippen LogP contribution in [-0.2, 0) is 4.79 Å². The second-order valence-corrected chi connectivity index (χ2v) is 4.29. The minimum absolute atomic E-state index is 0.360. The summed E-state index contributed by atoms with van der Waals surface area (Å²) >= 11 is 0. The Kier molecular flexibility index (Phi) is 5.41. The van der Waals surface area contributed by atoms with Crippen molar-refractivity contribution < 1.29 is 4.79 Å². The van der Waals surface area contributed by atoms with Crippen molar-refractivity contribution in [1.82, 2.24) is 0 Å². The van der Waals surface area contributed by atoms with Crippen molar-refractivity contribution in [3.63, 3.8) is 0 Å². The molecule has 0 aromatic heterocycles. The summed E-state index contributed by atoms with van der Waals surface area (Å²) in [5, 5.41) is 0. The van der Waals surface area contributed by atoms with E-state index in [-0.39, 0.29) is 0 Å². The summed E-state index contributed by atoms with van der Waals surface area (Å²) in [4.78, 5) is 11.0. The second-order valence-electron chi connectivity index (χ2n) is 4.29. The van der Waals surface area contributed by atoms with E-state index < -0.39 is 0 Å². The lowest BCUT2D eigenvalue weighted by molar-refractivity contribution is -0.104. The predicted octanol–water partition coefficient (Wildman–Crippen LogP) is 4.26. The van der Waals surface area contributed by atoms with E-state index in [1.165, 1.54) is 0 Å². The van der Waals surface area contributed by atoms with Crippen molar-refractivity contribution >= 4 is 11.9 Å². The lowest BCUT2D eigenvalue weighted by atomic mass is 9.88. The molecule has 1 aromatic carbocycles. The van der Waals surface area contributed by atoms with Gasteiger partial charge in [0.05, 0.1) is 0 Å². The first-order chi connectivity index (χ1) is 8.20. The largest absolute Gasteiger partial charge is 0.298 e. The Balaban J connectivity index is 3.10. The highest BCUT2D eigenvalue weighted by molar-refractivity contribution is 5.88. The third-order valence-corrected chi connectivity index (χ3v) is 2.90. The molecule has 0 bridgehead atoms. The number of carbonyl (C=O) groups excluding carboxylic acids is 1. The third-order valence-electron chi connectivity index (χ3n) is 2.90. The van der Waals surface area contributed by atoms with Crippen molar-refractivity contribution in [2.24, 2.45) is 5.92 Å². The highest BCUT2D eigenvalue weighted by Gasteiger charge is 2.12. The summed E-state index contributed by atoms with van der Waals surface area (Å²) in [6.45, 7) is 6.07. The number of allylic oxidation sites excluding steroid dienone is 4. The normalized spacial score (nSPS) is 14.5. The Morgan fingerprint density at radius 1 is 1.29 bits per heavy atom. The lowest BCUT2D eigenvalue weighted by Crippen LogP contribution is -2.01. The first kappa shape index (κ1) is 13.4. The first-order valence-corrected chi connectivity index (χ1v) is 6.03. The second kappa shape index (κ2) is 6.85. The Morgan fingerprint density at radius 3 is 2.47 bits per heavy atom. The molecule has 0 saturated heterocycles. The van der Waals surface area contributed by atoms with Crippen LogP contribution in [0.25, 0.3) is 5.57 Å². The molecule has 0 fully saturated rings. The van der Waals surface area contributed by atoms with Gasteiger partial charge in [-0.3, -0.25) is 4.79 Å². The third kappa shape index (κ3) is 3.70. The molecule has 0 radical (unpaired) electrons. The summed E-state index contributed by atoms with van der Waals surface area (Å²) in [5.41, 5.74) is 3.13. The molecule has 0 aliphatic carbocycles. The van der Waals surface area contributed by atoms with Gasteiger partial charge in [-0.1, -0.05) is 49.4 Å². The molecule has 1 rings (SSSR count). The number of aldehydes is 1. The van der Waals surface area contributed by atoms with Crippen molar-refractivity contribution in [1.29, 1.82) is 0 Å². The van der Waals surface area contributed by atoms with Crippen LogP contribution in [0.1, 0.15) is 32.8 Å². The van der Waals surface area contributed by atoms with E-state index in [0.717, 1.165) is 29.4 Å². The monoisotopic (exact) mass is 228 g/mol. The molecule has 0 spiro atoms. The molecule has 1 aromatic rings. The van der Waals surface area contributed by atoms with Crippen LogP contribution in [0.3, 0.4) is 0 Å². The fourth-order valence-electron chi connectivity index (χ4n) is 2.04. The maximum absolute atomic E-state index is 11.0. The Hall–Kier alpha value is -1.63. The van der Waals surface area contributed by atoms with Gasteiger partial charge in [0.15, 0.2) is 0 Å². The van der Waals surface area contributed by atoms with Crippen molar-refractivity contribution in [3.8, 4) is 0 Å². The average Bonchev–Trinajstić information content (AvgIpc) is 2.37. The predicted molar refractivity (Wildman–Crippen MR) is 73.7 cm³/mol. The van der Waals surface area contributed by atoms with Crippen LogP contribution >= 0.6 is 0 Å². The topological polar surface area (TPSA) is 17.1 Å². The van der Waals surface area contributed by atoms with Gasteiger partial charge in [0.25, 0.3) is 0 Å². The molecule has 1 heteroatoms.